The maximum absolute atomic E-state index is 5.78. The highest BCUT2D eigenvalue weighted by atomic mass is 16.5. The number of nitrogens with zero attached hydrogens (tertiary/aromatic N) is 1. The molecule has 0 bridgehead atoms. The van der Waals surface area contributed by atoms with E-state index in [4.69, 9.17) is 10.5 Å². The lowest BCUT2D eigenvalue weighted by Gasteiger charge is -2.38. The van der Waals surface area contributed by atoms with E-state index in [-0.39, 0.29) is 0 Å². The van der Waals surface area contributed by atoms with E-state index in [9.17, 15) is 0 Å². The van der Waals surface area contributed by atoms with Crippen LogP contribution >= 0.6 is 0 Å². The van der Waals surface area contributed by atoms with Gasteiger partial charge in [0.2, 0.25) is 0 Å². The van der Waals surface area contributed by atoms with Crippen molar-refractivity contribution in [3.8, 4) is 0 Å². The standard InChI is InChI=1S/C11H23N3O/c12-7-10-8-13-4-5-14(10)9-11-3-1-2-6-15-11/h10-11,13H,1-9,12H2. The van der Waals surface area contributed by atoms with E-state index in [1.54, 1.807) is 0 Å². The van der Waals surface area contributed by atoms with Crippen LogP contribution in [0.5, 0.6) is 0 Å². The lowest BCUT2D eigenvalue weighted by Crippen LogP contribution is -2.56. The van der Waals surface area contributed by atoms with Crippen molar-refractivity contribution >= 4 is 0 Å². The van der Waals surface area contributed by atoms with Crippen LogP contribution in [0.15, 0.2) is 0 Å². The average molecular weight is 213 g/mol. The van der Waals surface area contributed by atoms with Crippen LogP contribution in [0.2, 0.25) is 0 Å². The van der Waals surface area contributed by atoms with Crippen molar-refractivity contribution in [1.82, 2.24) is 10.2 Å². The Morgan fingerprint density at radius 3 is 3.07 bits per heavy atom. The molecule has 0 aromatic carbocycles. The highest BCUT2D eigenvalue weighted by Crippen LogP contribution is 2.15. The molecule has 2 rings (SSSR count). The van der Waals surface area contributed by atoms with Gasteiger partial charge in [0.25, 0.3) is 0 Å². The van der Waals surface area contributed by atoms with Crippen LogP contribution in [0.25, 0.3) is 0 Å². The third kappa shape index (κ3) is 3.14. The predicted molar refractivity (Wildman–Crippen MR) is 60.9 cm³/mol. The van der Waals surface area contributed by atoms with E-state index in [0.29, 0.717) is 12.1 Å². The van der Waals surface area contributed by atoms with Gasteiger partial charge < -0.3 is 15.8 Å². The molecule has 0 aromatic heterocycles. The maximum atomic E-state index is 5.78. The van der Waals surface area contributed by atoms with Crippen LogP contribution in [0.4, 0.5) is 0 Å². The first-order valence-electron chi connectivity index (χ1n) is 6.16. The van der Waals surface area contributed by atoms with Crippen LogP contribution in [0, 0.1) is 0 Å². The number of hydrogen-bond acceptors (Lipinski definition) is 4. The predicted octanol–water partition coefficient (Wildman–Crippen LogP) is -0.212. The van der Waals surface area contributed by atoms with Crippen molar-refractivity contribution in [2.24, 2.45) is 5.73 Å². The summed E-state index contributed by atoms with van der Waals surface area (Å²) >= 11 is 0. The maximum Gasteiger partial charge on any atom is 0.0702 e. The molecular weight excluding hydrogens is 190 g/mol. The molecule has 15 heavy (non-hydrogen) atoms. The third-order valence-corrected chi connectivity index (χ3v) is 3.46. The van der Waals surface area contributed by atoms with Crippen molar-refractivity contribution in [1.29, 1.82) is 0 Å². The smallest absolute Gasteiger partial charge is 0.0702 e. The van der Waals surface area contributed by atoms with Crippen LogP contribution in [0.3, 0.4) is 0 Å². The highest BCUT2D eigenvalue weighted by molar-refractivity contribution is 4.82. The quantitative estimate of drug-likeness (QED) is 0.681. The van der Waals surface area contributed by atoms with Gasteiger partial charge in [0.1, 0.15) is 0 Å². The Morgan fingerprint density at radius 1 is 1.40 bits per heavy atom. The molecule has 2 unspecified atom stereocenters. The number of nitrogens with two attached hydrogens (primary N) is 1. The fourth-order valence-corrected chi connectivity index (χ4v) is 2.49. The van der Waals surface area contributed by atoms with Gasteiger partial charge in [0.05, 0.1) is 6.10 Å². The molecule has 2 saturated heterocycles. The summed E-state index contributed by atoms with van der Waals surface area (Å²) in [7, 11) is 0. The molecule has 2 heterocycles. The second kappa shape index (κ2) is 5.80. The van der Waals surface area contributed by atoms with E-state index in [2.05, 4.69) is 10.2 Å². The SMILES string of the molecule is NCC1CNCCN1CC1CCCCO1. The minimum absolute atomic E-state index is 0.450. The van der Waals surface area contributed by atoms with E-state index >= 15 is 0 Å². The average Bonchev–Trinajstić information content (AvgIpc) is 2.31. The fourth-order valence-electron chi connectivity index (χ4n) is 2.49. The van der Waals surface area contributed by atoms with Crippen molar-refractivity contribution in [2.45, 2.75) is 31.4 Å². The van der Waals surface area contributed by atoms with Crippen LogP contribution < -0.4 is 11.1 Å². The number of nitrogens with one attached hydrogen (secondary N) is 1. The summed E-state index contributed by atoms with van der Waals surface area (Å²) in [6.45, 7) is 6.00. The summed E-state index contributed by atoms with van der Waals surface area (Å²) in [6.07, 6.45) is 4.23. The Kier molecular flexibility index (Phi) is 4.38. The van der Waals surface area contributed by atoms with Gasteiger partial charge in [0.15, 0.2) is 0 Å². The molecule has 0 amide bonds. The number of hydrogen-bond donors (Lipinski definition) is 2. The van der Waals surface area contributed by atoms with Crippen LogP contribution in [-0.2, 0) is 4.74 Å². The Balaban J connectivity index is 1.79. The normalized spacial score (nSPS) is 34.2. The van der Waals surface area contributed by atoms with Crippen LogP contribution in [0.1, 0.15) is 19.3 Å². The number of piperazine rings is 1. The van der Waals surface area contributed by atoms with E-state index in [1.807, 2.05) is 0 Å². The Labute approximate surface area is 92.1 Å². The minimum Gasteiger partial charge on any atom is -0.377 e. The molecule has 0 saturated carbocycles. The lowest BCUT2D eigenvalue weighted by atomic mass is 10.1. The molecule has 0 radical (unpaired) electrons. The van der Waals surface area contributed by atoms with Crippen molar-refractivity contribution in [2.75, 3.05) is 39.3 Å². The topological polar surface area (TPSA) is 50.5 Å². The molecule has 2 aliphatic rings. The molecule has 3 N–H and O–H groups in total. The zero-order chi connectivity index (χ0) is 10.5. The minimum atomic E-state index is 0.450. The molecule has 2 aliphatic heterocycles. The van der Waals surface area contributed by atoms with Gasteiger partial charge in [-0.05, 0) is 19.3 Å². The van der Waals surface area contributed by atoms with Gasteiger partial charge in [-0.3, -0.25) is 4.90 Å². The summed E-state index contributed by atoms with van der Waals surface area (Å²) in [5.74, 6) is 0. The van der Waals surface area contributed by atoms with Gasteiger partial charge >= 0.3 is 0 Å². The third-order valence-electron chi connectivity index (χ3n) is 3.46. The van der Waals surface area contributed by atoms with Crippen LogP contribution in [-0.4, -0.2) is 56.4 Å². The monoisotopic (exact) mass is 213 g/mol. The number of rotatable bonds is 3. The van der Waals surface area contributed by atoms with Gasteiger partial charge in [-0.1, -0.05) is 0 Å². The molecule has 88 valence electrons. The van der Waals surface area contributed by atoms with Crippen molar-refractivity contribution in [3.05, 3.63) is 0 Å². The molecule has 0 aliphatic carbocycles. The van der Waals surface area contributed by atoms with Gasteiger partial charge in [-0.15, -0.1) is 0 Å². The van der Waals surface area contributed by atoms with Gasteiger partial charge in [-0.2, -0.15) is 0 Å². The zero-order valence-electron chi connectivity index (χ0n) is 9.45. The van der Waals surface area contributed by atoms with Gasteiger partial charge in [-0.25, -0.2) is 0 Å². The van der Waals surface area contributed by atoms with Gasteiger partial charge in [0, 0.05) is 45.4 Å². The second-order valence-corrected chi connectivity index (χ2v) is 4.58. The first kappa shape index (κ1) is 11.3. The summed E-state index contributed by atoms with van der Waals surface area (Å²) in [4.78, 5) is 2.49. The van der Waals surface area contributed by atoms with E-state index in [1.165, 1.54) is 19.3 Å². The first-order valence-corrected chi connectivity index (χ1v) is 6.16. The Bertz CT molecular complexity index is 183. The molecule has 4 heteroatoms. The lowest BCUT2D eigenvalue weighted by molar-refractivity contribution is -0.0163. The zero-order valence-corrected chi connectivity index (χ0v) is 9.45. The summed E-state index contributed by atoms with van der Waals surface area (Å²) < 4.78 is 5.77. The first-order chi connectivity index (χ1) is 7.40. The highest BCUT2D eigenvalue weighted by Gasteiger charge is 2.24. The molecule has 4 nitrogen and oxygen atoms in total. The molecule has 2 atom stereocenters. The molecule has 0 aromatic rings. The Hall–Kier alpha value is -0.160. The molecule has 0 spiro atoms. The second-order valence-electron chi connectivity index (χ2n) is 4.58. The van der Waals surface area contributed by atoms with E-state index in [0.717, 1.165) is 39.3 Å². The van der Waals surface area contributed by atoms with Crippen molar-refractivity contribution < 1.29 is 4.74 Å². The molecular formula is C11H23N3O. The molecule has 2 fully saturated rings. The Morgan fingerprint density at radius 2 is 2.33 bits per heavy atom. The van der Waals surface area contributed by atoms with E-state index < -0.39 is 0 Å². The summed E-state index contributed by atoms with van der Waals surface area (Å²) in [5, 5.41) is 3.39. The summed E-state index contributed by atoms with van der Waals surface area (Å²) in [6, 6.07) is 0.504. The summed E-state index contributed by atoms with van der Waals surface area (Å²) in [5.41, 5.74) is 5.78. The number of ether oxygens (including phenoxy) is 1. The fraction of sp³-hybridized carbons (Fsp3) is 1.00. The van der Waals surface area contributed by atoms with Crippen molar-refractivity contribution in [3.63, 3.8) is 0 Å². The largest absolute Gasteiger partial charge is 0.377 e.